The highest BCUT2D eigenvalue weighted by Gasteiger charge is 2.16. The van der Waals surface area contributed by atoms with Crippen LogP contribution in [0.3, 0.4) is 0 Å². The van der Waals surface area contributed by atoms with Crippen molar-refractivity contribution in [2.45, 2.75) is 58.0 Å². The molecule has 5 nitrogen and oxygen atoms in total. The van der Waals surface area contributed by atoms with Crippen LogP contribution in [0, 0.1) is 0 Å². The van der Waals surface area contributed by atoms with Crippen LogP contribution in [0.4, 0.5) is 0 Å². The molecule has 1 N–H and O–H groups in total. The molecule has 0 saturated heterocycles. The number of halogens is 1. The zero-order valence-electron chi connectivity index (χ0n) is 15.8. The molecular formula is C20H30BrNO4. The minimum absolute atomic E-state index is 0.122. The number of carbonyl (C=O) groups excluding carboxylic acids is 1. The quantitative estimate of drug-likeness (QED) is 0.548. The Morgan fingerprint density at radius 3 is 2.69 bits per heavy atom. The third-order valence-electron chi connectivity index (χ3n) is 4.45. The molecule has 0 aromatic heterocycles. The van der Waals surface area contributed by atoms with E-state index in [2.05, 4.69) is 21.2 Å². The number of amides is 1. The number of hydrogen-bond acceptors (Lipinski definition) is 4. The van der Waals surface area contributed by atoms with E-state index in [1.54, 1.807) is 19.2 Å². The van der Waals surface area contributed by atoms with Gasteiger partial charge in [-0.2, -0.15) is 0 Å². The summed E-state index contributed by atoms with van der Waals surface area (Å²) in [5, 5.41) is 2.94. The van der Waals surface area contributed by atoms with E-state index in [1.165, 1.54) is 32.1 Å². The van der Waals surface area contributed by atoms with Crippen molar-refractivity contribution < 1.29 is 19.0 Å². The second kappa shape index (κ2) is 11.4. The smallest absolute Gasteiger partial charge is 0.251 e. The van der Waals surface area contributed by atoms with Gasteiger partial charge in [0.15, 0.2) is 11.5 Å². The van der Waals surface area contributed by atoms with Crippen LogP contribution in [0.15, 0.2) is 16.6 Å². The third kappa shape index (κ3) is 6.47. The Morgan fingerprint density at radius 2 is 2.00 bits per heavy atom. The monoisotopic (exact) mass is 427 g/mol. The van der Waals surface area contributed by atoms with Crippen LogP contribution in [-0.4, -0.2) is 38.9 Å². The molecule has 0 atom stereocenters. The van der Waals surface area contributed by atoms with E-state index in [1.807, 2.05) is 6.92 Å². The van der Waals surface area contributed by atoms with Crippen molar-refractivity contribution >= 4 is 21.8 Å². The van der Waals surface area contributed by atoms with Gasteiger partial charge in [-0.25, -0.2) is 0 Å². The lowest BCUT2D eigenvalue weighted by Crippen LogP contribution is -2.26. The Labute approximate surface area is 164 Å². The fourth-order valence-electron chi connectivity index (χ4n) is 3.05. The fourth-order valence-corrected chi connectivity index (χ4v) is 3.61. The normalized spacial score (nSPS) is 14.9. The minimum atomic E-state index is -0.122. The van der Waals surface area contributed by atoms with Crippen LogP contribution in [0.25, 0.3) is 0 Å². The molecule has 1 aromatic rings. The molecule has 0 heterocycles. The SMILES string of the molecule is CCCOc1c(Br)cc(C(=O)NCCCOC2CCCCC2)cc1OC. The van der Waals surface area contributed by atoms with Gasteiger partial charge in [-0.3, -0.25) is 4.79 Å². The van der Waals surface area contributed by atoms with Crippen molar-refractivity contribution in [3.63, 3.8) is 0 Å². The van der Waals surface area contributed by atoms with Crippen molar-refractivity contribution in [3.05, 3.63) is 22.2 Å². The van der Waals surface area contributed by atoms with Gasteiger partial charge in [0.2, 0.25) is 0 Å². The van der Waals surface area contributed by atoms with E-state index < -0.39 is 0 Å². The predicted molar refractivity (Wildman–Crippen MR) is 106 cm³/mol. The maximum absolute atomic E-state index is 12.4. The van der Waals surface area contributed by atoms with Gasteiger partial charge in [-0.05, 0) is 53.7 Å². The maximum Gasteiger partial charge on any atom is 0.251 e. The van der Waals surface area contributed by atoms with E-state index in [0.29, 0.717) is 42.9 Å². The third-order valence-corrected chi connectivity index (χ3v) is 5.04. The molecule has 26 heavy (non-hydrogen) atoms. The molecule has 0 spiro atoms. The summed E-state index contributed by atoms with van der Waals surface area (Å²) in [7, 11) is 1.57. The number of ether oxygens (including phenoxy) is 3. The Balaban J connectivity index is 1.80. The predicted octanol–water partition coefficient (Wildman–Crippen LogP) is 4.72. The fraction of sp³-hybridized carbons (Fsp3) is 0.650. The van der Waals surface area contributed by atoms with Crippen molar-refractivity contribution in [2.75, 3.05) is 26.9 Å². The van der Waals surface area contributed by atoms with Gasteiger partial charge in [0, 0.05) is 18.7 Å². The number of rotatable bonds is 10. The molecular weight excluding hydrogens is 398 g/mol. The van der Waals surface area contributed by atoms with E-state index in [9.17, 15) is 4.79 Å². The van der Waals surface area contributed by atoms with E-state index in [-0.39, 0.29) is 5.91 Å². The molecule has 2 rings (SSSR count). The summed E-state index contributed by atoms with van der Waals surface area (Å²) in [5.41, 5.74) is 0.547. The van der Waals surface area contributed by atoms with Crippen LogP contribution in [0.2, 0.25) is 0 Å². The molecule has 1 amide bonds. The van der Waals surface area contributed by atoms with Crippen LogP contribution in [-0.2, 0) is 4.74 Å². The Morgan fingerprint density at radius 1 is 1.23 bits per heavy atom. The van der Waals surface area contributed by atoms with Crippen molar-refractivity contribution in [1.29, 1.82) is 0 Å². The van der Waals surface area contributed by atoms with Crippen LogP contribution in [0.5, 0.6) is 11.5 Å². The highest BCUT2D eigenvalue weighted by Crippen LogP contribution is 2.36. The van der Waals surface area contributed by atoms with E-state index in [4.69, 9.17) is 14.2 Å². The highest BCUT2D eigenvalue weighted by molar-refractivity contribution is 9.10. The summed E-state index contributed by atoms with van der Waals surface area (Å²) in [4.78, 5) is 12.4. The van der Waals surface area contributed by atoms with Gasteiger partial charge in [0.05, 0.1) is 24.3 Å². The van der Waals surface area contributed by atoms with Gasteiger partial charge < -0.3 is 19.5 Å². The second-order valence-electron chi connectivity index (χ2n) is 6.58. The molecule has 0 bridgehead atoms. The number of carbonyl (C=O) groups is 1. The van der Waals surface area contributed by atoms with Crippen molar-refractivity contribution in [1.82, 2.24) is 5.32 Å². The van der Waals surface area contributed by atoms with Crippen molar-refractivity contribution in [3.8, 4) is 11.5 Å². The van der Waals surface area contributed by atoms with E-state index >= 15 is 0 Å². The first-order chi connectivity index (χ1) is 12.7. The summed E-state index contributed by atoms with van der Waals surface area (Å²) in [6, 6.07) is 3.48. The Bertz CT molecular complexity index is 573. The largest absolute Gasteiger partial charge is 0.493 e. The first kappa shape index (κ1) is 21.0. The minimum Gasteiger partial charge on any atom is -0.493 e. The molecule has 0 aliphatic heterocycles. The Kier molecular flexibility index (Phi) is 9.26. The van der Waals surface area contributed by atoms with Gasteiger partial charge in [-0.1, -0.05) is 26.2 Å². The zero-order chi connectivity index (χ0) is 18.8. The lowest BCUT2D eigenvalue weighted by molar-refractivity contribution is 0.0273. The van der Waals surface area contributed by atoms with Crippen LogP contribution < -0.4 is 14.8 Å². The number of benzene rings is 1. The summed E-state index contributed by atoms with van der Waals surface area (Å²) in [5.74, 6) is 1.06. The first-order valence-electron chi connectivity index (χ1n) is 9.55. The van der Waals surface area contributed by atoms with Gasteiger partial charge >= 0.3 is 0 Å². The first-order valence-corrected chi connectivity index (χ1v) is 10.3. The highest BCUT2D eigenvalue weighted by atomic mass is 79.9. The van der Waals surface area contributed by atoms with Crippen molar-refractivity contribution in [2.24, 2.45) is 0 Å². The summed E-state index contributed by atoms with van der Waals surface area (Å²) >= 11 is 3.47. The number of hydrogen-bond donors (Lipinski definition) is 1. The van der Waals surface area contributed by atoms with Crippen LogP contribution >= 0.6 is 15.9 Å². The standard InChI is InChI=1S/C20H30BrNO4/c1-3-11-26-19-17(21)13-15(14-18(19)24-2)20(23)22-10-7-12-25-16-8-5-4-6-9-16/h13-14,16H,3-12H2,1-2H3,(H,22,23). The molecule has 0 radical (unpaired) electrons. The van der Waals surface area contributed by atoms with E-state index in [0.717, 1.165) is 17.3 Å². The number of nitrogens with one attached hydrogen (secondary N) is 1. The summed E-state index contributed by atoms with van der Waals surface area (Å²) < 4.78 is 17.7. The molecule has 1 aromatic carbocycles. The molecule has 1 fully saturated rings. The lowest BCUT2D eigenvalue weighted by atomic mass is 9.98. The average Bonchev–Trinajstić information content (AvgIpc) is 2.66. The van der Waals surface area contributed by atoms with Crippen LogP contribution in [0.1, 0.15) is 62.2 Å². The number of methoxy groups -OCH3 is 1. The Hall–Kier alpha value is -1.27. The maximum atomic E-state index is 12.4. The molecule has 1 saturated carbocycles. The second-order valence-corrected chi connectivity index (χ2v) is 7.43. The molecule has 1 aliphatic carbocycles. The molecule has 0 unspecified atom stereocenters. The summed E-state index contributed by atoms with van der Waals surface area (Å²) in [6.45, 7) is 3.93. The summed E-state index contributed by atoms with van der Waals surface area (Å²) in [6.07, 6.45) is 8.36. The zero-order valence-corrected chi connectivity index (χ0v) is 17.4. The van der Waals surface area contributed by atoms with Gasteiger partial charge in [0.25, 0.3) is 5.91 Å². The lowest BCUT2D eigenvalue weighted by Gasteiger charge is -2.21. The van der Waals surface area contributed by atoms with Gasteiger partial charge in [-0.15, -0.1) is 0 Å². The molecule has 146 valence electrons. The molecule has 6 heteroatoms. The average molecular weight is 428 g/mol. The van der Waals surface area contributed by atoms with Gasteiger partial charge in [0.1, 0.15) is 0 Å². The molecule has 1 aliphatic rings. The topological polar surface area (TPSA) is 56.8 Å².